The molecule has 104 valence electrons. The van der Waals surface area contributed by atoms with Gasteiger partial charge in [0.2, 0.25) is 5.91 Å². The SMILES string of the molecule is N#Cc1ccc(C[C@@H](C(=O)O)N2CC(Cl)CC2=O)cc1. The molecule has 0 radical (unpaired) electrons. The first kappa shape index (κ1) is 14.4. The van der Waals surface area contributed by atoms with Gasteiger partial charge < -0.3 is 10.0 Å². The molecule has 20 heavy (non-hydrogen) atoms. The summed E-state index contributed by atoms with van der Waals surface area (Å²) < 4.78 is 0. The van der Waals surface area contributed by atoms with Crippen molar-refractivity contribution >= 4 is 23.5 Å². The third-order valence-electron chi connectivity index (χ3n) is 3.28. The molecule has 1 unspecified atom stereocenters. The molecule has 1 aliphatic rings. The van der Waals surface area contributed by atoms with Gasteiger partial charge in [0, 0.05) is 19.4 Å². The van der Waals surface area contributed by atoms with Gasteiger partial charge >= 0.3 is 5.97 Å². The highest BCUT2D eigenvalue weighted by Crippen LogP contribution is 2.21. The van der Waals surface area contributed by atoms with Crippen LogP contribution >= 0.6 is 11.6 Å². The molecule has 1 aromatic rings. The van der Waals surface area contributed by atoms with Crippen molar-refractivity contribution in [2.75, 3.05) is 6.54 Å². The van der Waals surface area contributed by atoms with E-state index in [2.05, 4.69) is 0 Å². The van der Waals surface area contributed by atoms with Crippen molar-refractivity contribution < 1.29 is 14.7 Å². The number of carboxylic acids is 1. The largest absolute Gasteiger partial charge is 0.480 e. The molecule has 2 atom stereocenters. The Labute approximate surface area is 121 Å². The zero-order valence-electron chi connectivity index (χ0n) is 10.6. The van der Waals surface area contributed by atoms with E-state index in [0.29, 0.717) is 5.56 Å². The molecule has 1 fully saturated rings. The number of rotatable bonds is 4. The van der Waals surface area contributed by atoms with Gasteiger partial charge in [-0.25, -0.2) is 4.79 Å². The highest BCUT2D eigenvalue weighted by Gasteiger charge is 2.36. The minimum absolute atomic E-state index is 0.179. The van der Waals surface area contributed by atoms with Crippen LogP contribution in [-0.4, -0.2) is 39.8 Å². The number of benzene rings is 1. The minimum Gasteiger partial charge on any atom is -0.480 e. The van der Waals surface area contributed by atoms with Crippen LogP contribution in [0.15, 0.2) is 24.3 Å². The van der Waals surface area contributed by atoms with Gasteiger partial charge in [0.1, 0.15) is 6.04 Å². The highest BCUT2D eigenvalue weighted by atomic mass is 35.5. The number of carboxylic acid groups (broad SMARTS) is 1. The van der Waals surface area contributed by atoms with Crippen LogP contribution in [0.4, 0.5) is 0 Å². The van der Waals surface area contributed by atoms with E-state index in [1.807, 2.05) is 6.07 Å². The summed E-state index contributed by atoms with van der Waals surface area (Å²) in [5.74, 6) is -1.28. The molecule has 1 N–H and O–H groups in total. The summed E-state index contributed by atoms with van der Waals surface area (Å²) in [7, 11) is 0. The average molecular weight is 293 g/mol. The predicted molar refractivity (Wildman–Crippen MR) is 72.3 cm³/mol. The molecule has 1 amide bonds. The fourth-order valence-electron chi connectivity index (χ4n) is 2.26. The maximum atomic E-state index is 11.8. The third kappa shape index (κ3) is 3.09. The fraction of sp³-hybridized carbons (Fsp3) is 0.357. The van der Waals surface area contributed by atoms with Crippen molar-refractivity contribution in [1.82, 2.24) is 4.90 Å². The summed E-state index contributed by atoms with van der Waals surface area (Å²) in [6, 6.07) is 7.74. The summed E-state index contributed by atoms with van der Waals surface area (Å²) in [6.45, 7) is 0.258. The molecular formula is C14H13ClN2O3. The van der Waals surface area contributed by atoms with Gasteiger partial charge in [-0.3, -0.25) is 4.79 Å². The number of hydrogen-bond donors (Lipinski definition) is 1. The summed E-state index contributed by atoms with van der Waals surface area (Å²) in [4.78, 5) is 24.5. The molecule has 0 spiro atoms. The second-order valence-electron chi connectivity index (χ2n) is 4.71. The molecule has 0 aliphatic carbocycles. The number of hydrogen-bond acceptors (Lipinski definition) is 3. The number of amides is 1. The summed E-state index contributed by atoms with van der Waals surface area (Å²) in [6.07, 6.45) is 0.384. The summed E-state index contributed by atoms with van der Waals surface area (Å²) in [5.41, 5.74) is 1.28. The molecule has 1 aliphatic heterocycles. The number of halogens is 1. The maximum absolute atomic E-state index is 11.8. The normalized spacial score (nSPS) is 19.7. The first-order valence-corrected chi connectivity index (χ1v) is 6.60. The Bertz CT molecular complexity index is 565. The zero-order valence-corrected chi connectivity index (χ0v) is 11.4. The lowest BCUT2D eigenvalue weighted by molar-refractivity contribution is -0.148. The van der Waals surface area contributed by atoms with E-state index in [4.69, 9.17) is 16.9 Å². The van der Waals surface area contributed by atoms with Crippen LogP contribution in [0.1, 0.15) is 17.5 Å². The van der Waals surface area contributed by atoms with Gasteiger partial charge in [0.05, 0.1) is 17.0 Å². The van der Waals surface area contributed by atoms with Gasteiger partial charge in [0.15, 0.2) is 0 Å². The Morgan fingerprint density at radius 3 is 2.60 bits per heavy atom. The second kappa shape index (κ2) is 5.93. The Morgan fingerprint density at radius 1 is 1.50 bits per heavy atom. The Kier molecular flexibility index (Phi) is 4.26. The highest BCUT2D eigenvalue weighted by molar-refractivity contribution is 6.22. The molecule has 1 saturated heterocycles. The number of aliphatic carboxylic acids is 1. The van der Waals surface area contributed by atoms with Gasteiger partial charge in [-0.15, -0.1) is 11.6 Å². The Hall–Kier alpha value is -2.06. The predicted octanol–water partition coefficient (Wildman–Crippen LogP) is 1.39. The molecule has 0 saturated carbocycles. The lowest BCUT2D eigenvalue weighted by Crippen LogP contribution is -2.43. The van der Waals surface area contributed by atoms with Crippen molar-refractivity contribution in [3.8, 4) is 6.07 Å². The molecule has 0 bridgehead atoms. The second-order valence-corrected chi connectivity index (χ2v) is 5.33. The van der Waals surface area contributed by atoms with E-state index in [1.165, 1.54) is 4.90 Å². The Balaban J connectivity index is 2.15. The van der Waals surface area contributed by atoms with E-state index in [9.17, 15) is 14.7 Å². The van der Waals surface area contributed by atoms with E-state index >= 15 is 0 Å². The van der Waals surface area contributed by atoms with Gasteiger partial charge in [-0.05, 0) is 17.7 Å². The van der Waals surface area contributed by atoms with E-state index < -0.39 is 12.0 Å². The molecular weight excluding hydrogens is 280 g/mol. The monoisotopic (exact) mass is 292 g/mol. The van der Waals surface area contributed by atoms with Crippen molar-refractivity contribution in [3.63, 3.8) is 0 Å². The van der Waals surface area contributed by atoms with E-state index in [1.54, 1.807) is 24.3 Å². The number of carbonyl (C=O) groups excluding carboxylic acids is 1. The standard InChI is InChI=1S/C14H13ClN2O3/c15-11-6-13(18)17(8-11)12(14(19)20)5-9-1-3-10(7-16)4-2-9/h1-4,11-12H,5-6,8H2,(H,19,20)/t11?,12-/m0/s1. The van der Waals surface area contributed by atoms with Crippen molar-refractivity contribution in [2.45, 2.75) is 24.3 Å². The van der Waals surface area contributed by atoms with Gasteiger partial charge in [-0.2, -0.15) is 5.26 Å². The zero-order chi connectivity index (χ0) is 14.7. The minimum atomic E-state index is -1.05. The van der Waals surface area contributed by atoms with Crippen LogP contribution in [0.25, 0.3) is 0 Å². The number of likely N-dealkylation sites (tertiary alicyclic amines) is 1. The average Bonchev–Trinajstić information content (AvgIpc) is 2.75. The van der Waals surface area contributed by atoms with Crippen LogP contribution in [0.2, 0.25) is 0 Å². The maximum Gasteiger partial charge on any atom is 0.326 e. The van der Waals surface area contributed by atoms with Crippen molar-refractivity contribution in [3.05, 3.63) is 35.4 Å². The lowest BCUT2D eigenvalue weighted by Gasteiger charge is -2.24. The lowest BCUT2D eigenvalue weighted by atomic mass is 10.0. The van der Waals surface area contributed by atoms with E-state index in [-0.39, 0.29) is 30.7 Å². The smallest absolute Gasteiger partial charge is 0.326 e. The third-order valence-corrected chi connectivity index (χ3v) is 3.58. The summed E-state index contributed by atoms with van der Waals surface area (Å²) in [5, 5.41) is 17.7. The summed E-state index contributed by atoms with van der Waals surface area (Å²) >= 11 is 5.90. The quantitative estimate of drug-likeness (QED) is 0.850. The van der Waals surface area contributed by atoms with Crippen LogP contribution in [0.5, 0.6) is 0 Å². The molecule has 0 aromatic heterocycles. The first-order valence-electron chi connectivity index (χ1n) is 6.16. The van der Waals surface area contributed by atoms with Crippen LogP contribution in [-0.2, 0) is 16.0 Å². The topological polar surface area (TPSA) is 81.4 Å². The van der Waals surface area contributed by atoms with E-state index in [0.717, 1.165) is 5.56 Å². The fourth-order valence-corrected chi connectivity index (χ4v) is 2.54. The number of carbonyl (C=O) groups is 2. The van der Waals surface area contributed by atoms with Gasteiger partial charge in [-0.1, -0.05) is 12.1 Å². The molecule has 1 aromatic carbocycles. The number of nitriles is 1. The molecule has 6 heteroatoms. The van der Waals surface area contributed by atoms with Crippen LogP contribution in [0.3, 0.4) is 0 Å². The molecule has 1 heterocycles. The van der Waals surface area contributed by atoms with Gasteiger partial charge in [0.25, 0.3) is 0 Å². The van der Waals surface area contributed by atoms with Crippen molar-refractivity contribution in [2.24, 2.45) is 0 Å². The first-order chi connectivity index (χ1) is 9.51. The Morgan fingerprint density at radius 2 is 2.15 bits per heavy atom. The van der Waals surface area contributed by atoms with Crippen LogP contribution < -0.4 is 0 Å². The number of nitrogens with zero attached hydrogens (tertiary/aromatic N) is 2. The molecule has 2 rings (SSSR count). The number of alkyl halides is 1. The van der Waals surface area contributed by atoms with Crippen molar-refractivity contribution in [1.29, 1.82) is 5.26 Å². The van der Waals surface area contributed by atoms with Crippen LogP contribution in [0, 0.1) is 11.3 Å². The molecule has 5 nitrogen and oxygen atoms in total.